The van der Waals surface area contributed by atoms with Crippen LogP contribution in [0.2, 0.25) is 5.02 Å². The highest BCUT2D eigenvalue weighted by Gasteiger charge is 2.30. The lowest BCUT2D eigenvalue weighted by Gasteiger charge is -2.42. The zero-order valence-corrected chi connectivity index (χ0v) is 21.4. The van der Waals surface area contributed by atoms with Gasteiger partial charge in [-0.2, -0.15) is 5.10 Å². The summed E-state index contributed by atoms with van der Waals surface area (Å²) in [7, 11) is 1.57. The van der Waals surface area contributed by atoms with Gasteiger partial charge in [0.1, 0.15) is 23.4 Å². The molecule has 4 heterocycles. The Morgan fingerprint density at radius 3 is 2.64 bits per heavy atom. The number of nitrogens with one attached hydrogen (secondary N) is 1. The number of methoxy groups -OCH3 is 1. The van der Waals surface area contributed by atoms with Gasteiger partial charge in [0.25, 0.3) is 5.91 Å². The molecule has 10 nitrogen and oxygen atoms in total. The van der Waals surface area contributed by atoms with Crippen molar-refractivity contribution in [3.63, 3.8) is 0 Å². The zero-order valence-electron chi connectivity index (χ0n) is 20.6. The Bertz CT molecular complexity index is 1240. The molecule has 1 atom stereocenters. The molecule has 0 saturated carbocycles. The lowest BCUT2D eigenvalue weighted by atomic mass is 10.1. The average Bonchev–Trinajstić information content (AvgIpc) is 3.35. The van der Waals surface area contributed by atoms with Crippen LogP contribution >= 0.6 is 11.6 Å². The summed E-state index contributed by atoms with van der Waals surface area (Å²) in [6.07, 6.45) is 4.72. The SMILES string of the molecule is COc1cc(C(=O)N2CCN(C3CCO3)CC2)ccc1Nc1ncc(Cl)c(-c2ccn(C(C)C)n2)n1. The van der Waals surface area contributed by atoms with Crippen LogP contribution in [-0.2, 0) is 4.74 Å². The molecule has 1 amide bonds. The number of carbonyl (C=O) groups excluding carboxylic acids is 1. The second-order valence-electron chi connectivity index (χ2n) is 9.15. The number of amides is 1. The van der Waals surface area contributed by atoms with Gasteiger partial charge in [-0.25, -0.2) is 9.97 Å². The van der Waals surface area contributed by atoms with Crippen LogP contribution < -0.4 is 10.1 Å². The van der Waals surface area contributed by atoms with Crippen LogP contribution in [0.25, 0.3) is 11.4 Å². The molecule has 0 spiro atoms. The van der Waals surface area contributed by atoms with E-state index >= 15 is 0 Å². The van der Waals surface area contributed by atoms with Crippen LogP contribution in [0.15, 0.2) is 36.7 Å². The Morgan fingerprint density at radius 2 is 2.00 bits per heavy atom. The molecule has 36 heavy (non-hydrogen) atoms. The molecule has 5 rings (SSSR count). The summed E-state index contributed by atoms with van der Waals surface area (Å²) in [6.45, 7) is 7.92. The van der Waals surface area contributed by atoms with E-state index in [9.17, 15) is 4.79 Å². The molecule has 2 fully saturated rings. The van der Waals surface area contributed by atoms with Gasteiger partial charge in [0.2, 0.25) is 5.95 Å². The molecule has 3 aromatic rings. The number of benzene rings is 1. The Balaban J connectivity index is 1.30. The molecule has 2 aromatic heterocycles. The molecule has 0 radical (unpaired) electrons. The number of nitrogens with zero attached hydrogens (tertiary/aromatic N) is 6. The standard InChI is InChI=1S/C25H30ClN7O3/c1-16(2)33-8-6-20(30-33)23-18(26)15-27-25(29-23)28-19-5-4-17(14-21(19)35-3)24(34)32-11-9-31(10-12-32)22-7-13-36-22/h4-6,8,14-16,22H,7,9-13H2,1-3H3,(H,27,28,29). The predicted octanol–water partition coefficient (Wildman–Crippen LogP) is 3.83. The number of aromatic nitrogens is 4. The second kappa shape index (κ2) is 10.4. The molecular weight excluding hydrogens is 482 g/mol. The molecule has 2 aliphatic heterocycles. The summed E-state index contributed by atoms with van der Waals surface area (Å²) in [5.74, 6) is 0.853. The largest absolute Gasteiger partial charge is 0.495 e. The van der Waals surface area contributed by atoms with Crippen LogP contribution in [-0.4, -0.2) is 81.6 Å². The molecule has 2 aliphatic rings. The first-order chi connectivity index (χ1) is 17.4. The molecule has 2 saturated heterocycles. The number of halogens is 1. The third kappa shape index (κ3) is 5.02. The average molecular weight is 512 g/mol. The van der Waals surface area contributed by atoms with Gasteiger partial charge < -0.3 is 19.7 Å². The van der Waals surface area contributed by atoms with Crippen molar-refractivity contribution in [1.29, 1.82) is 0 Å². The first kappa shape index (κ1) is 24.5. The molecule has 0 bridgehead atoms. The Morgan fingerprint density at radius 1 is 1.22 bits per heavy atom. The summed E-state index contributed by atoms with van der Waals surface area (Å²) in [6, 6.07) is 7.43. The number of carbonyl (C=O) groups is 1. The van der Waals surface area contributed by atoms with Gasteiger partial charge in [0.05, 0.1) is 30.6 Å². The number of hydrogen-bond acceptors (Lipinski definition) is 8. The van der Waals surface area contributed by atoms with E-state index in [0.29, 0.717) is 52.4 Å². The number of ether oxygens (including phenoxy) is 2. The molecule has 1 unspecified atom stereocenters. The van der Waals surface area contributed by atoms with Crippen LogP contribution in [0.4, 0.5) is 11.6 Å². The van der Waals surface area contributed by atoms with E-state index in [1.54, 1.807) is 31.5 Å². The van der Waals surface area contributed by atoms with E-state index in [-0.39, 0.29) is 18.2 Å². The molecule has 11 heteroatoms. The quantitative estimate of drug-likeness (QED) is 0.511. The van der Waals surface area contributed by atoms with Crippen molar-refractivity contribution in [2.45, 2.75) is 32.5 Å². The van der Waals surface area contributed by atoms with Gasteiger partial charge >= 0.3 is 0 Å². The zero-order chi connectivity index (χ0) is 25.2. The number of anilines is 2. The van der Waals surface area contributed by atoms with Crippen molar-refractivity contribution >= 4 is 29.1 Å². The lowest BCUT2D eigenvalue weighted by Crippen LogP contribution is -2.55. The third-order valence-corrected chi connectivity index (χ3v) is 6.78. The van der Waals surface area contributed by atoms with Crippen LogP contribution in [0.3, 0.4) is 0 Å². The van der Waals surface area contributed by atoms with Gasteiger partial charge in [0, 0.05) is 50.4 Å². The Kier molecular flexibility index (Phi) is 7.08. The fourth-order valence-electron chi connectivity index (χ4n) is 4.31. The second-order valence-corrected chi connectivity index (χ2v) is 9.55. The van der Waals surface area contributed by atoms with Crippen LogP contribution in [0.1, 0.15) is 36.7 Å². The van der Waals surface area contributed by atoms with E-state index in [1.807, 2.05) is 21.8 Å². The van der Waals surface area contributed by atoms with Crippen LogP contribution in [0, 0.1) is 0 Å². The summed E-state index contributed by atoms with van der Waals surface area (Å²) in [5.41, 5.74) is 2.41. The normalized spacial score (nSPS) is 18.2. The van der Waals surface area contributed by atoms with Crippen LogP contribution in [0.5, 0.6) is 5.75 Å². The monoisotopic (exact) mass is 511 g/mol. The number of rotatable bonds is 7. The topological polar surface area (TPSA) is 97.6 Å². The third-order valence-electron chi connectivity index (χ3n) is 6.50. The van der Waals surface area contributed by atoms with E-state index in [4.69, 9.17) is 21.1 Å². The summed E-state index contributed by atoms with van der Waals surface area (Å²) in [4.78, 5) is 26.2. The highest BCUT2D eigenvalue weighted by molar-refractivity contribution is 6.32. The van der Waals surface area contributed by atoms with E-state index in [2.05, 4.69) is 39.1 Å². The van der Waals surface area contributed by atoms with E-state index in [0.717, 1.165) is 26.1 Å². The Labute approximate surface area is 215 Å². The fraction of sp³-hybridized carbons (Fsp3) is 0.440. The maximum absolute atomic E-state index is 13.1. The minimum Gasteiger partial charge on any atom is -0.495 e. The number of hydrogen-bond donors (Lipinski definition) is 1. The minimum absolute atomic E-state index is 0.0141. The van der Waals surface area contributed by atoms with Crippen molar-refractivity contribution in [2.24, 2.45) is 0 Å². The van der Waals surface area contributed by atoms with Crippen molar-refractivity contribution < 1.29 is 14.3 Å². The fourth-order valence-corrected chi connectivity index (χ4v) is 4.50. The minimum atomic E-state index is -0.0141. The molecular formula is C25H30ClN7O3. The lowest BCUT2D eigenvalue weighted by molar-refractivity contribution is -0.151. The predicted molar refractivity (Wildman–Crippen MR) is 137 cm³/mol. The summed E-state index contributed by atoms with van der Waals surface area (Å²) in [5, 5.41) is 8.15. The smallest absolute Gasteiger partial charge is 0.254 e. The van der Waals surface area contributed by atoms with E-state index < -0.39 is 0 Å². The van der Waals surface area contributed by atoms with Crippen molar-refractivity contribution in [1.82, 2.24) is 29.5 Å². The maximum Gasteiger partial charge on any atom is 0.254 e. The first-order valence-electron chi connectivity index (χ1n) is 12.1. The van der Waals surface area contributed by atoms with Gasteiger partial charge in [-0.3, -0.25) is 14.4 Å². The van der Waals surface area contributed by atoms with Crippen molar-refractivity contribution in [3.05, 3.63) is 47.2 Å². The molecule has 1 aromatic carbocycles. The maximum atomic E-state index is 13.1. The van der Waals surface area contributed by atoms with Gasteiger partial charge in [-0.15, -0.1) is 0 Å². The summed E-state index contributed by atoms with van der Waals surface area (Å²) >= 11 is 6.37. The molecule has 0 aliphatic carbocycles. The summed E-state index contributed by atoms with van der Waals surface area (Å²) < 4.78 is 13.0. The highest BCUT2D eigenvalue weighted by Crippen LogP contribution is 2.31. The first-order valence-corrected chi connectivity index (χ1v) is 12.5. The van der Waals surface area contributed by atoms with Crippen molar-refractivity contribution in [2.75, 3.05) is 45.2 Å². The Hall–Kier alpha value is -3.21. The molecule has 190 valence electrons. The molecule has 1 N–H and O–H groups in total. The van der Waals surface area contributed by atoms with Gasteiger partial charge in [-0.05, 0) is 38.1 Å². The van der Waals surface area contributed by atoms with Crippen molar-refractivity contribution in [3.8, 4) is 17.1 Å². The highest BCUT2D eigenvalue weighted by atomic mass is 35.5. The van der Waals surface area contributed by atoms with E-state index in [1.165, 1.54) is 0 Å². The number of piperazine rings is 1. The van der Waals surface area contributed by atoms with Gasteiger partial charge in [0.15, 0.2) is 0 Å². The van der Waals surface area contributed by atoms with Gasteiger partial charge in [-0.1, -0.05) is 11.6 Å².